The molecule has 25 heavy (non-hydrogen) atoms. The van der Waals surface area contributed by atoms with E-state index in [0.717, 1.165) is 33.5 Å². The molecule has 0 unspecified atom stereocenters. The molecule has 0 aliphatic rings. The highest BCUT2D eigenvalue weighted by Crippen LogP contribution is 2.33. The Bertz CT molecular complexity index is 1030. The Hall–Kier alpha value is -2.98. The SMILES string of the molecule is Cc1nc(Nc2ccc(Cl)nc2)c2c(-c3ccccc3)cccc2n1. The number of aromatic nitrogens is 3. The van der Waals surface area contributed by atoms with Crippen molar-refractivity contribution < 1.29 is 0 Å². The van der Waals surface area contributed by atoms with Gasteiger partial charge in [-0.2, -0.15) is 0 Å². The molecule has 4 nitrogen and oxygen atoms in total. The Morgan fingerprint density at radius 1 is 0.880 bits per heavy atom. The number of fused-ring (bicyclic) bond motifs is 1. The van der Waals surface area contributed by atoms with Crippen molar-refractivity contribution in [2.24, 2.45) is 0 Å². The summed E-state index contributed by atoms with van der Waals surface area (Å²) in [6.07, 6.45) is 1.69. The summed E-state index contributed by atoms with van der Waals surface area (Å²) in [6, 6.07) is 20.0. The minimum atomic E-state index is 0.458. The van der Waals surface area contributed by atoms with Gasteiger partial charge in [-0.15, -0.1) is 0 Å². The standard InChI is InChI=1S/C20H15ClN4/c1-13-23-17-9-5-8-16(14-6-3-2-4-7-14)19(17)20(24-13)25-15-10-11-18(21)22-12-15/h2-12H,1H3,(H,23,24,25). The fourth-order valence-corrected chi connectivity index (χ4v) is 2.95. The van der Waals surface area contributed by atoms with E-state index in [4.69, 9.17) is 11.6 Å². The van der Waals surface area contributed by atoms with Crippen molar-refractivity contribution in [2.75, 3.05) is 5.32 Å². The zero-order valence-electron chi connectivity index (χ0n) is 13.6. The van der Waals surface area contributed by atoms with Crippen LogP contribution in [-0.4, -0.2) is 15.0 Å². The lowest BCUT2D eigenvalue weighted by Gasteiger charge is -2.13. The number of nitrogens with zero attached hydrogens (tertiary/aromatic N) is 3. The second-order valence-corrected chi connectivity index (χ2v) is 6.07. The second kappa shape index (κ2) is 6.49. The number of anilines is 2. The molecule has 5 heteroatoms. The summed E-state index contributed by atoms with van der Waals surface area (Å²) < 4.78 is 0. The summed E-state index contributed by atoms with van der Waals surface area (Å²) in [4.78, 5) is 13.3. The van der Waals surface area contributed by atoms with Gasteiger partial charge in [0.2, 0.25) is 0 Å². The van der Waals surface area contributed by atoms with E-state index in [1.54, 1.807) is 12.3 Å². The van der Waals surface area contributed by atoms with Gasteiger partial charge in [0.15, 0.2) is 0 Å². The molecule has 0 spiro atoms. The van der Waals surface area contributed by atoms with Crippen LogP contribution in [0.25, 0.3) is 22.0 Å². The first kappa shape index (κ1) is 15.5. The molecule has 2 aromatic heterocycles. The van der Waals surface area contributed by atoms with Crippen molar-refractivity contribution in [3.8, 4) is 11.1 Å². The van der Waals surface area contributed by atoms with Gasteiger partial charge in [-0.05, 0) is 36.2 Å². The van der Waals surface area contributed by atoms with Gasteiger partial charge in [0.25, 0.3) is 0 Å². The van der Waals surface area contributed by atoms with Crippen LogP contribution >= 0.6 is 11.6 Å². The monoisotopic (exact) mass is 346 g/mol. The molecule has 0 saturated carbocycles. The Kier molecular flexibility index (Phi) is 4.04. The normalized spacial score (nSPS) is 10.8. The molecule has 0 fully saturated rings. The maximum atomic E-state index is 5.88. The first-order valence-corrected chi connectivity index (χ1v) is 8.30. The minimum Gasteiger partial charge on any atom is -0.338 e. The van der Waals surface area contributed by atoms with Crippen LogP contribution in [0.3, 0.4) is 0 Å². The number of hydrogen-bond donors (Lipinski definition) is 1. The van der Waals surface area contributed by atoms with Gasteiger partial charge in [0, 0.05) is 0 Å². The van der Waals surface area contributed by atoms with E-state index in [1.165, 1.54) is 0 Å². The summed E-state index contributed by atoms with van der Waals surface area (Å²) in [5.74, 6) is 1.47. The molecule has 0 atom stereocenters. The molecule has 1 N–H and O–H groups in total. The van der Waals surface area contributed by atoms with Crippen molar-refractivity contribution >= 4 is 34.0 Å². The van der Waals surface area contributed by atoms with E-state index in [-0.39, 0.29) is 0 Å². The average molecular weight is 347 g/mol. The fourth-order valence-electron chi connectivity index (χ4n) is 2.83. The van der Waals surface area contributed by atoms with Crippen LogP contribution in [0.5, 0.6) is 0 Å². The van der Waals surface area contributed by atoms with Gasteiger partial charge in [0.1, 0.15) is 16.8 Å². The molecule has 4 aromatic rings. The molecule has 0 bridgehead atoms. The number of nitrogens with one attached hydrogen (secondary N) is 1. The molecule has 2 heterocycles. The number of halogens is 1. The molecule has 2 aromatic carbocycles. The van der Waals surface area contributed by atoms with E-state index in [0.29, 0.717) is 11.0 Å². The zero-order valence-corrected chi connectivity index (χ0v) is 14.3. The Balaban J connectivity index is 1.92. The van der Waals surface area contributed by atoms with Gasteiger partial charge >= 0.3 is 0 Å². The van der Waals surface area contributed by atoms with E-state index >= 15 is 0 Å². The highest BCUT2D eigenvalue weighted by atomic mass is 35.5. The van der Waals surface area contributed by atoms with Crippen LogP contribution in [0.1, 0.15) is 5.82 Å². The fraction of sp³-hybridized carbons (Fsp3) is 0.0500. The molecule has 122 valence electrons. The van der Waals surface area contributed by atoms with Crippen molar-refractivity contribution in [3.05, 3.63) is 77.8 Å². The van der Waals surface area contributed by atoms with Gasteiger partial charge in [-0.1, -0.05) is 54.1 Å². The third-order valence-electron chi connectivity index (χ3n) is 3.91. The van der Waals surface area contributed by atoms with Gasteiger partial charge < -0.3 is 5.32 Å². The zero-order chi connectivity index (χ0) is 17.2. The lowest BCUT2D eigenvalue weighted by atomic mass is 10.0. The van der Waals surface area contributed by atoms with E-state index < -0.39 is 0 Å². The smallest absolute Gasteiger partial charge is 0.142 e. The van der Waals surface area contributed by atoms with Crippen molar-refractivity contribution in [2.45, 2.75) is 6.92 Å². The van der Waals surface area contributed by atoms with Crippen LogP contribution in [0.15, 0.2) is 66.9 Å². The van der Waals surface area contributed by atoms with Crippen LogP contribution in [0.4, 0.5) is 11.5 Å². The van der Waals surface area contributed by atoms with Gasteiger partial charge in [-0.25, -0.2) is 15.0 Å². The quantitative estimate of drug-likeness (QED) is 0.505. The number of rotatable bonds is 3. The van der Waals surface area contributed by atoms with Crippen LogP contribution < -0.4 is 5.32 Å². The van der Waals surface area contributed by atoms with E-state index in [9.17, 15) is 0 Å². The number of benzene rings is 2. The molecular weight excluding hydrogens is 332 g/mol. The lowest BCUT2D eigenvalue weighted by molar-refractivity contribution is 1.09. The molecular formula is C20H15ClN4. The summed E-state index contributed by atoms with van der Waals surface area (Å²) in [6.45, 7) is 1.89. The predicted octanol–water partition coefficient (Wildman–Crippen LogP) is 5.40. The van der Waals surface area contributed by atoms with Crippen molar-refractivity contribution in [1.82, 2.24) is 15.0 Å². The summed E-state index contributed by atoms with van der Waals surface area (Å²) >= 11 is 5.88. The predicted molar refractivity (Wildman–Crippen MR) is 102 cm³/mol. The van der Waals surface area contributed by atoms with E-state index in [1.807, 2.05) is 43.3 Å². The van der Waals surface area contributed by atoms with Crippen LogP contribution in [0.2, 0.25) is 5.15 Å². The largest absolute Gasteiger partial charge is 0.338 e. The highest BCUT2D eigenvalue weighted by Gasteiger charge is 2.12. The van der Waals surface area contributed by atoms with Gasteiger partial charge in [-0.3, -0.25) is 0 Å². The van der Waals surface area contributed by atoms with Crippen LogP contribution in [0, 0.1) is 6.92 Å². The summed E-state index contributed by atoms with van der Waals surface area (Å²) in [7, 11) is 0. The third kappa shape index (κ3) is 3.16. The first-order valence-electron chi connectivity index (χ1n) is 7.92. The topological polar surface area (TPSA) is 50.7 Å². The summed E-state index contributed by atoms with van der Waals surface area (Å²) in [5, 5.41) is 4.79. The first-order chi connectivity index (χ1) is 12.2. The number of pyridine rings is 1. The number of hydrogen-bond acceptors (Lipinski definition) is 4. The number of aryl methyl sites for hydroxylation is 1. The molecule has 0 aliphatic carbocycles. The second-order valence-electron chi connectivity index (χ2n) is 5.68. The Morgan fingerprint density at radius 2 is 1.72 bits per heavy atom. The molecule has 0 radical (unpaired) electrons. The average Bonchev–Trinajstić information content (AvgIpc) is 2.63. The Morgan fingerprint density at radius 3 is 2.48 bits per heavy atom. The van der Waals surface area contributed by atoms with Crippen LogP contribution in [-0.2, 0) is 0 Å². The molecule has 0 aliphatic heterocycles. The Labute approximate surface area is 150 Å². The maximum absolute atomic E-state index is 5.88. The minimum absolute atomic E-state index is 0.458. The molecule has 0 amide bonds. The highest BCUT2D eigenvalue weighted by molar-refractivity contribution is 6.29. The maximum Gasteiger partial charge on any atom is 0.142 e. The molecule has 4 rings (SSSR count). The molecule has 0 saturated heterocycles. The van der Waals surface area contributed by atoms with E-state index in [2.05, 4.69) is 38.5 Å². The third-order valence-corrected chi connectivity index (χ3v) is 4.13. The van der Waals surface area contributed by atoms with Gasteiger partial charge in [0.05, 0.1) is 22.8 Å². The summed E-state index contributed by atoms with van der Waals surface area (Å²) in [5.41, 5.74) is 3.94. The lowest BCUT2D eigenvalue weighted by Crippen LogP contribution is -2.00. The van der Waals surface area contributed by atoms with Crippen molar-refractivity contribution in [1.29, 1.82) is 0 Å². The van der Waals surface area contributed by atoms with Crippen molar-refractivity contribution in [3.63, 3.8) is 0 Å².